The zero-order chi connectivity index (χ0) is 29.8. The summed E-state index contributed by atoms with van der Waals surface area (Å²) < 4.78 is 14.3. The Balaban J connectivity index is 1.28. The van der Waals surface area contributed by atoms with E-state index in [4.69, 9.17) is 9.47 Å². The standard InChI is InChI=1S/C33H41N3O6/c1-22-18-25(6-10-29(22)42-17-15-36-31(37)12-14-34(3)33(36)40)21-35(20-24-4-7-26(8-5-24)32(38)39)23(2)27-9-11-30-28(19-27)13-16-41-30/h6,9-12,14,18-19,23-24,26H,4-5,7-8,13,15-17,20-21H2,1-3H3,(H,38,39). The number of nitrogens with zero attached hydrogens (tertiary/aromatic N) is 3. The first-order valence-electron chi connectivity index (χ1n) is 14.9. The van der Waals surface area contributed by atoms with Gasteiger partial charge >= 0.3 is 11.7 Å². The molecule has 1 unspecified atom stereocenters. The van der Waals surface area contributed by atoms with E-state index >= 15 is 0 Å². The summed E-state index contributed by atoms with van der Waals surface area (Å²) in [5.74, 6) is 1.27. The molecule has 1 N–H and O–H groups in total. The summed E-state index contributed by atoms with van der Waals surface area (Å²) in [5, 5.41) is 9.45. The lowest BCUT2D eigenvalue weighted by Gasteiger charge is -2.35. The lowest BCUT2D eigenvalue weighted by atomic mass is 9.81. The van der Waals surface area contributed by atoms with Gasteiger partial charge in [0.25, 0.3) is 5.56 Å². The van der Waals surface area contributed by atoms with E-state index in [1.807, 2.05) is 13.0 Å². The Bertz CT molecular complexity index is 1540. The number of carboxylic acids is 1. The second-order valence-corrected chi connectivity index (χ2v) is 11.8. The fourth-order valence-electron chi connectivity index (χ4n) is 6.23. The number of carboxylic acid groups (broad SMARTS) is 1. The predicted molar refractivity (Wildman–Crippen MR) is 160 cm³/mol. The number of aromatic nitrogens is 2. The predicted octanol–water partition coefficient (Wildman–Crippen LogP) is 4.32. The van der Waals surface area contributed by atoms with Crippen molar-refractivity contribution in [2.24, 2.45) is 18.9 Å². The summed E-state index contributed by atoms with van der Waals surface area (Å²) in [7, 11) is 1.62. The van der Waals surface area contributed by atoms with Crippen molar-refractivity contribution in [3.05, 3.63) is 91.8 Å². The summed E-state index contributed by atoms with van der Waals surface area (Å²) in [4.78, 5) is 38.4. The smallest absolute Gasteiger partial charge is 0.330 e. The summed E-state index contributed by atoms with van der Waals surface area (Å²) >= 11 is 0. The van der Waals surface area contributed by atoms with Gasteiger partial charge in [0.1, 0.15) is 18.1 Å². The normalized spacial score (nSPS) is 18.9. The summed E-state index contributed by atoms with van der Waals surface area (Å²) in [6.45, 7) is 7.03. The molecule has 0 spiro atoms. The number of ether oxygens (including phenoxy) is 2. The molecule has 5 rings (SSSR count). The fourth-order valence-corrected chi connectivity index (χ4v) is 6.23. The second kappa shape index (κ2) is 13.0. The van der Waals surface area contributed by atoms with Crippen molar-refractivity contribution < 1.29 is 19.4 Å². The van der Waals surface area contributed by atoms with Crippen LogP contribution < -0.4 is 20.7 Å². The second-order valence-electron chi connectivity index (χ2n) is 11.8. The third kappa shape index (κ3) is 6.78. The maximum Gasteiger partial charge on any atom is 0.330 e. The van der Waals surface area contributed by atoms with Crippen molar-refractivity contribution in [1.29, 1.82) is 0 Å². The van der Waals surface area contributed by atoms with Crippen molar-refractivity contribution in [3.8, 4) is 11.5 Å². The van der Waals surface area contributed by atoms with Crippen molar-refractivity contribution in [3.63, 3.8) is 0 Å². The fraction of sp³-hybridized carbons (Fsp3) is 0.485. The number of benzene rings is 2. The molecule has 9 heteroatoms. The van der Waals surface area contributed by atoms with Crippen LogP contribution in [0.3, 0.4) is 0 Å². The quantitative estimate of drug-likeness (QED) is 0.363. The average Bonchev–Trinajstić information content (AvgIpc) is 3.45. The minimum Gasteiger partial charge on any atom is -0.493 e. The molecule has 0 bridgehead atoms. The van der Waals surface area contributed by atoms with Crippen molar-refractivity contribution in [2.75, 3.05) is 19.8 Å². The third-order valence-corrected chi connectivity index (χ3v) is 8.87. The number of aryl methyl sites for hydroxylation is 2. The highest BCUT2D eigenvalue weighted by Crippen LogP contribution is 2.35. The lowest BCUT2D eigenvalue weighted by Crippen LogP contribution is -2.39. The van der Waals surface area contributed by atoms with E-state index in [1.165, 1.54) is 38.1 Å². The lowest BCUT2D eigenvalue weighted by molar-refractivity contribution is -0.143. The minimum atomic E-state index is -0.671. The van der Waals surface area contributed by atoms with Gasteiger partial charge in [0, 0.05) is 44.9 Å². The van der Waals surface area contributed by atoms with Crippen LogP contribution in [-0.4, -0.2) is 44.9 Å². The molecule has 9 nitrogen and oxygen atoms in total. The summed E-state index contributed by atoms with van der Waals surface area (Å²) in [5.41, 5.74) is 3.98. The van der Waals surface area contributed by atoms with E-state index in [2.05, 4.69) is 42.2 Å². The molecule has 1 atom stereocenters. The highest BCUT2D eigenvalue weighted by Gasteiger charge is 2.29. The molecule has 0 saturated heterocycles. The number of carbonyl (C=O) groups is 1. The average molecular weight is 576 g/mol. The Morgan fingerprint density at radius 2 is 1.90 bits per heavy atom. The van der Waals surface area contributed by atoms with Crippen LogP contribution in [0.4, 0.5) is 0 Å². The van der Waals surface area contributed by atoms with Gasteiger partial charge in [-0.15, -0.1) is 0 Å². The number of fused-ring (bicyclic) bond motifs is 1. The van der Waals surface area contributed by atoms with Gasteiger partial charge in [0.15, 0.2) is 0 Å². The third-order valence-electron chi connectivity index (χ3n) is 8.87. The molecule has 3 aromatic rings. The highest BCUT2D eigenvalue weighted by molar-refractivity contribution is 5.70. The first-order valence-corrected chi connectivity index (χ1v) is 14.9. The molecule has 2 heterocycles. The molecule has 1 aromatic heterocycles. The summed E-state index contributed by atoms with van der Waals surface area (Å²) in [6, 6.07) is 14.3. The Morgan fingerprint density at radius 1 is 1.12 bits per heavy atom. The molecule has 1 fully saturated rings. The van der Waals surface area contributed by atoms with Crippen LogP contribution >= 0.6 is 0 Å². The SMILES string of the molecule is Cc1cc(CN(CC2CCC(C(=O)O)CC2)C(C)c2ccc3c(c2)CCO3)ccc1OCCn1c(=O)ccn(C)c1=O. The topological polar surface area (TPSA) is 103 Å². The molecule has 2 aromatic carbocycles. The molecule has 2 aliphatic rings. The molecule has 42 heavy (non-hydrogen) atoms. The Kier molecular flexibility index (Phi) is 9.16. The summed E-state index contributed by atoms with van der Waals surface area (Å²) in [6.07, 6.45) is 5.74. The van der Waals surface area contributed by atoms with Crippen LogP contribution in [0.2, 0.25) is 0 Å². The number of hydrogen-bond donors (Lipinski definition) is 1. The monoisotopic (exact) mass is 575 g/mol. The largest absolute Gasteiger partial charge is 0.493 e. The molecule has 224 valence electrons. The van der Waals surface area contributed by atoms with E-state index in [-0.39, 0.29) is 36.4 Å². The van der Waals surface area contributed by atoms with Crippen LogP contribution in [0.1, 0.15) is 60.9 Å². The molecule has 1 saturated carbocycles. The van der Waals surface area contributed by atoms with Gasteiger partial charge in [0.2, 0.25) is 0 Å². The number of rotatable bonds is 11. The van der Waals surface area contributed by atoms with Gasteiger partial charge in [-0.25, -0.2) is 4.79 Å². The van der Waals surface area contributed by atoms with Gasteiger partial charge in [-0.05, 0) is 79.8 Å². The Hall–Kier alpha value is -3.85. The highest BCUT2D eigenvalue weighted by atomic mass is 16.5. The van der Waals surface area contributed by atoms with E-state index < -0.39 is 5.97 Å². The zero-order valence-corrected chi connectivity index (χ0v) is 24.8. The van der Waals surface area contributed by atoms with E-state index in [0.717, 1.165) is 68.9 Å². The van der Waals surface area contributed by atoms with Gasteiger partial charge in [-0.2, -0.15) is 0 Å². The van der Waals surface area contributed by atoms with E-state index in [9.17, 15) is 19.5 Å². The van der Waals surface area contributed by atoms with Gasteiger partial charge < -0.3 is 19.1 Å². The van der Waals surface area contributed by atoms with E-state index in [0.29, 0.717) is 5.92 Å². The van der Waals surface area contributed by atoms with Crippen LogP contribution in [0.25, 0.3) is 0 Å². The van der Waals surface area contributed by atoms with Crippen LogP contribution in [0, 0.1) is 18.8 Å². The Morgan fingerprint density at radius 3 is 2.64 bits per heavy atom. The first kappa shape index (κ1) is 29.6. The zero-order valence-electron chi connectivity index (χ0n) is 24.8. The molecule has 0 amide bonds. The molecule has 0 radical (unpaired) electrons. The number of aliphatic carboxylic acids is 1. The molecule has 1 aliphatic carbocycles. The van der Waals surface area contributed by atoms with Crippen LogP contribution in [0.15, 0.2) is 58.3 Å². The molecular formula is C33H41N3O6. The van der Waals surface area contributed by atoms with Crippen LogP contribution in [0.5, 0.6) is 11.5 Å². The van der Waals surface area contributed by atoms with Gasteiger partial charge in [-0.1, -0.05) is 24.3 Å². The number of hydrogen-bond acceptors (Lipinski definition) is 6. The van der Waals surface area contributed by atoms with Crippen molar-refractivity contribution in [2.45, 2.75) is 65.1 Å². The van der Waals surface area contributed by atoms with Gasteiger partial charge in [-0.3, -0.25) is 19.1 Å². The molecular weight excluding hydrogens is 534 g/mol. The van der Waals surface area contributed by atoms with Gasteiger partial charge in [0.05, 0.1) is 19.1 Å². The first-order chi connectivity index (χ1) is 20.2. The van der Waals surface area contributed by atoms with Crippen molar-refractivity contribution in [1.82, 2.24) is 14.0 Å². The maximum atomic E-state index is 12.3. The van der Waals surface area contributed by atoms with Crippen LogP contribution in [-0.2, 0) is 31.4 Å². The molecule has 1 aliphatic heterocycles. The van der Waals surface area contributed by atoms with E-state index in [1.54, 1.807) is 7.05 Å². The van der Waals surface area contributed by atoms with Crippen molar-refractivity contribution >= 4 is 5.97 Å². The minimum absolute atomic E-state index is 0.175. The maximum absolute atomic E-state index is 12.3. The Labute approximate surface area is 246 Å².